The van der Waals surface area contributed by atoms with Crippen LogP contribution in [0.3, 0.4) is 0 Å². The number of carbonyl (C=O) groups excluding carboxylic acids is 1. The molecule has 2 aromatic carbocycles. The number of likely N-dealkylation sites (tertiary alicyclic amines) is 1. The summed E-state index contributed by atoms with van der Waals surface area (Å²) >= 11 is 0. The van der Waals surface area contributed by atoms with E-state index >= 15 is 0 Å². The Morgan fingerprint density at radius 3 is 2.48 bits per heavy atom. The average molecular weight is 420 g/mol. The van der Waals surface area contributed by atoms with Crippen molar-refractivity contribution in [1.82, 2.24) is 14.8 Å². The Kier molecular flexibility index (Phi) is 6.57. The van der Waals surface area contributed by atoms with Gasteiger partial charge in [-0.3, -0.25) is 9.78 Å². The number of aromatic nitrogens is 1. The summed E-state index contributed by atoms with van der Waals surface area (Å²) in [5, 5.41) is 0. The first-order valence-electron chi connectivity index (χ1n) is 10.5. The molecule has 0 unspecified atom stereocenters. The van der Waals surface area contributed by atoms with Crippen LogP contribution in [0.4, 0.5) is 4.39 Å². The van der Waals surface area contributed by atoms with Gasteiger partial charge in [-0.25, -0.2) is 4.39 Å². The maximum atomic E-state index is 14.3. The second-order valence-electron chi connectivity index (χ2n) is 7.87. The van der Waals surface area contributed by atoms with Gasteiger partial charge >= 0.3 is 0 Å². The van der Waals surface area contributed by atoms with Gasteiger partial charge in [0.05, 0.1) is 6.20 Å². The van der Waals surface area contributed by atoms with Crippen molar-refractivity contribution in [3.63, 3.8) is 0 Å². The van der Waals surface area contributed by atoms with Gasteiger partial charge < -0.3 is 14.5 Å². The predicted molar refractivity (Wildman–Crippen MR) is 118 cm³/mol. The Morgan fingerprint density at radius 2 is 1.81 bits per heavy atom. The Hall–Kier alpha value is -3.25. The Bertz CT molecular complexity index is 1000. The molecule has 6 heteroatoms. The molecular weight excluding hydrogens is 393 g/mol. The third kappa shape index (κ3) is 5.27. The van der Waals surface area contributed by atoms with Crippen molar-refractivity contribution in [2.75, 3.05) is 20.1 Å². The highest BCUT2D eigenvalue weighted by Crippen LogP contribution is 2.24. The van der Waals surface area contributed by atoms with Crippen LogP contribution in [0.25, 0.3) is 0 Å². The molecule has 0 N–H and O–H groups in total. The number of nitrogens with zero attached hydrogens (tertiary/aromatic N) is 3. The molecule has 1 saturated heterocycles. The van der Waals surface area contributed by atoms with Crippen LogP contribution in [0.15, 0.2) is 73.1 Å². The van der Waals surface area contributed by atoms with Crippen LogP contribution < -0.4 is 4.74 Å². The van der Waals surface area contributed by atoms with E-state index < -0.39 is 0 Å². The number of hydrogen-bond donors (Lipinski definition) is 0. The number of pyridine rings is 1. The monoisotopic (exact) mass is 419 g/mol. The summed E-state index contributed by atoms with van der Waals surface area (Å²) in [6, 6.07) is 17.4. The lowest BCUT2D eigenvalue weighted by Gasteiger charge is -2.37. The minimum atomic E-state index is -0.284. The van der Waals surface area contributed by atoms with Gasteiger partial charge in [-0.1, -0.05) is 18.2 Å². The maximum Gasteiger partial charge on any atom is 0.254 e. The molecule has 1 aliphatic heterocycles. The molecule has 31 heavy (non-hydrogen) atoms. The molecular formula is C25H26FN3O2. The molecule has 1 amide bonds. The molecule has 0 saturated carbocycles. The van der Waals surface area contributed by atoms with Crippen molar-refractivity contribution in [2.24, 2.45) is 0 Å². The fraction of sp³-hybridized carbons (Fsp3) is 0.280. The van der Waals surface area contributed by atoms with E-state index in [0.717, 1.165) is 25.9 Å². The third-order valence-electron chi connectivity index (χ3n) is 5.66. The van der Waals surface area contributed by atoms with Crippen LogP contribution in [-0.2, 0) is 6.54 Å². The predicted octanol–water partition coefficient (Wildman–Crippen LogP) is 4.75. The van der Waals surface area contributed by atoms with Gasteiger partial charge in [0.1, 0.15) is 17.3 Å². The molecule has 0 atom stereocenters. The molecule has 0 bridgehead atoms. The summed E-state index contributed by atoms with van der Waals surface area (Å²) in [4.78, 5) is 21.6. The van der Waals surface area contributed by atoms with Crippen LogP contribution in [0.1, 0.15) is 28.8 Å². The second kappa shape index (κ2) is 9.71. The summed E-state index contributed by atoms with van der Waals surface area (Å²) in [5.74, 6) is 0.887. The van der Waals surface area contributed by atoms with Crippen molar-refractivity contribution in [3.05, 3.63) is 90.0 Å². The van der Waals surface area contributed by atoms with Crippen molar-refractivity contribution in [3.8, 4) is 11.5 Å². The SMILES string of the molecule is CN1CCC(N(Cc2ccccc2F)C(=O)c2ccc(Oc3cccnc3)cc2)CC1. The smallest absolute Gasteiger partial charge is 0.254 e. The van der Waals surface area contributed by atoms with Gasteiger partial charge in [-0.05, 0) is 75.4 Å². The number of hydrogen-bond acceptors (Lipinski definition) is 4. The molecule has 160 valence electrons. The molecule has 3 aromatic rings. The molecule has 5 nitrogen and oxygen atoms in total. The fourth-order valence-electron chi connectivity index (χ4n) is 3.86. The van der Waals surface area contributed by atoms with Gasteiger partial charge in [0.25, 0.3) is 5.91 Å². The van der Waals surface area contributed by atoms with Gasteiger partial charge in [0.15, 0.2) is 0 Å². The molecule has 1 aromatic heterocycles. The maximum absolute atomic E-state index is 14.3. The van der Waals surface area contributed by atoms with E-state index in [9.17, 15) is 9.18 Å². The normalized spacial score (nSPS) is 14.9. The fourth-order valence-corrected chi connectivity index (χ4v) is 3.86. The highest BCUT2D eigenvalue weighted by atomic mass is 19.1. The van der Waals surface area contributed by atoms with Crippen LogP contribution in [0.2, 0.25) is 0 Å². The van der Waals surface area contributed by atoms with E-state index in [2.05, 4.69) is 16.9 Å². The summed E-state index contributed by atoms with van der Waals surface area (Å²) in [6.07, 6.45) is 5.06. The zero-order valence-corrected chi connectivity index (χ0v) is 17.6. The minimum absolute atomic E-state index is 0.0784. The first-order valence-corrected chi connectivity index (χ1v) is 10.5. The summed E-state index contributed by atoms with van der Waals surface area (Å²) in [6.45, 7) is 2.10. The quantitative estimate of drug-likeness (QED) is 0.579. The van der Waals surface area contributed by atoms with Crippen LogP contribution >= 0.6 is 0 Å². The van der Waals surface area contributed by atoms with Crippen molar-refractivity contribution >= 4 is 5.91 Å². The highest BCUT2D eigenvalue weighted by Gasteiger charge is 2.28. The van der Waals surface area contributed by atoms with Gasteiger partial charge in [-0.2, -0.15) is 0 Å². The molecule has 0 radical (unpaired) electrons. The minimum Gasteiger partial charge on any atom is -0.456 e. The number of ether oxygens (including phenoxy) is 1. The molecule has 2 heterocycles. The number of benzene rings is 2. The number of halogens is 1. The topological polar surface area (TPSA) is 45.7 Å². The molecule has 0 aliphatic carbocycles. The standard InChI is InChI=1S/C25H26FN3O2/c1-28-15-12-21(13-16-28)29(18-20-5-2-3-7-24(20)26)25(30)19-8-10-22(11-9-19)31-23-6-4-14-27-17-23/h2-11,14,17,21H,12-13,15-16,18H2,1H3. The van der Waals surface area contributed by atoms with Gasteiger partial charge in [-0.15, -0.1) is 0 Å². The van der Waals surface area contributed by atoms with Crippen molar-refractivity contribution in [2.45, 2.75) is 25.4 Å². The van der Waals surface area contributed by atoms with Crippen molar-refractivity contribution < 1.29 is 13.9 Å². The van der Waals surface area contributed by atoms with E-state index in [4.69, 9.17) is 4.74 Å². The van der Waals surface area contributed by atoms with Crippen LogP contribution in [0.5, 0.6) is 11.5 Å². The molecule has 1 fully saturated rings. The molecule has 4 rings (SSSR count). The lowest BCUT2D eigenvalue weighted by atomic mass is 10.0. The zero-order chi connectivity index (χ0) is 21.6. The summed E-state index contributed by atoms with van der Waals surface area (Å²) < 4.78 is 20.1. The lowest BCUT2D eigenvalue weighted by Crippen LogP contribution is -2.46. The molecule has 0 spiro atoms. The number of rotatable bonds is 6. The first kappa shape index (κ1) is 21.0. The highest BCUT2D eigenvalue weighted by molar-refractivity contribution is 5.94. The number of amides is 1. The van der Waals surface area contributed by atoms with E-state index in [1.165, 1.54) is 6.07 Å². The lowest BCUT2D eigenvalue weighted by molar-refractivity contribution is 0.0567. The van der Waals surface area contributed by atoms with E-state index in [0.29, 0.717) is 22.6 Å². The molecule has 1 aliphatic rings. The zero-order valence-electron chi connectivity index (χ0n) is 17.6. The summed E-state index contributed by atoms with van der Waals surface area (Å²) in [5.41, 5.74) is 1.10. The average Bonchev–Trinajstić information content (AvgIpc) is 2.80. The Balaban J connectivity index is 1.54. The summed E-state index contributed by atoms with van der Waals surface area (Å²) in [7, 11) is 2.08. The van der Waals surface area contributed by atoms with Crippen LogP contribution in [-0.4, -0.2) is 46.9 Å². The largest absolute Gasteiger partial charge is 0.456 e. The van der Waals surface area contributed by atoms with E-state index in [1.807, 2.05) is 11.0 Å². The number of piperidine rings is 1. The Morgan fingerprint density at radius 1 is 1.06 bits per heavy atom. The third-order valence-corrected chi connectivity index (χ3v) is 5.66. The van der Waals surface area contributed by atoms with E-state index in [1.54, 1.807) is 60.9 Å². The van der Waals surface area contributed by atoms with Crippen LogP contribution in [0, 0.1) is 5.82 Å². The second-order valence-corrected chi connectivity index (χ2v) is 7.87. The van der Waals surface area contributed by atoms with Gasteiger partial charge in [0, 0.05) is 29.9 Å². The van der Waals surface area contributed by atoms with E-state index in [-0.39, 0.29) is 24.3 Å². The van der Waals surface area contributed by atoms with Gasteiger partial charge in [0.2, 0.25) is 0 Å². The Labute approximate surface area is 182 Å². The van der Waals surface area contributed by atoms with Crippen molar-refractivity contribution in [1.29, 1.82) is 0 Å². The number of carbonyl (C=O) groups is 1. The first-order chi connectivity index (χ1) is 15.1.